The molecule has 21 heavy (non-hydrogen) atoms. The Labute approximate surface area is 123 Å². The summed E-state index contributed by atoms with van der Waals surface area (Å²) in [5.74, 6) is -0.533. The highest BCUT2D eigenvalue weighted by Crippen LogP contribution is 2.17. The topological polar surface area (TPSA) is 80.0 Å². The molecule has 0 amide bonds. The molecule has 1 heterocycles. The standard InChI is InChI=1S/C15H20N4O2/c1-12(13-5-3-2-4-6-13)7-8-16-9-10-19-11-14(15(20)21)17-18-19/h2-6,11-12,16H,7-10H2,1H3,(H,20,21). The molecule has 1 atom stereocenters. The predicted octanol–water partition coefficient (Wildman–Crippen LogP) is 1.76. The summed E-state index contributed by atoms with van der Waals surface area (Å²) in [5, 5.41) is 19.4. The van der Waals surface area contributed by atoms with E-state index >= 15 is 0 Å². The molecule has 0 radical (unpaired) electrons. The van der Waals surface area contributed by atoms with Gasteiger partial charge in [-0.15, -0.1) is 5.10 Å². The number of aromatic nitrogens is 3. The van der Waals surface area contributed by atoms with Gasteiger partial charge in [-0.25, -0.2) is 4.79 Å². The minimum absolute atomic E-state index is 0.0206. The lowest BCUT2D eigenvalue weighted by Gasteiger charge is -2.12. The van der Waals surface area contributed by atoms with Crippen LogP contribution in [0.15, 0.2) is 36.5 Å². The largest absolute Gasteiger partial charge is 0.476 e. The minimum Gasteiger partial charge on any atom is -0.476 e. The molecule has 0 saturated heterocycles. The van der Waals surface area contributed by atoms with E-state index < -0.39 is 5.97 Å². The van der Waals surface area contributed by atoms with Crippen LogP contribution in [0, 0.1) is 0 Å². The Morgan fingerprint density at radius 3 is 2.76 bits per heavy atom. The molecule has 0 saturated carbocycles. The first kappa shape index (κ1) is 15.2. The predicted molar refractivity (Wildman–Crippen MR) is 79.3 cm³/mol. The second-order valence-corrected chi connectivity index (χ2v) is 5.02. The third-order valence-electron chi connectivity index (χ3n) is 3.40. The average molecular weight is 288 g/mol. The second-order valence-electron chi connectivity index (χ2n) is 5.02. The molecular formula is C15H20N4O2. The second kappa shape index (κ2) is 7.54. The van der Waals surface area contributed by atoms with Crippen molar-refractivity contribution < 1.29 is 9.90 Å². The molecule has 0 aliphatic carbocycles. The molecule has 0 aliphatic heterocycles. The minimum atomic E-state index is -1.05. The summed E-state index contributed by atoms with van der Waals surface area (Å²) >= 11 is 0. The molecule has 0 bridgehead atoms. The van der Waals surface area contributed by atoms with Crippen LogP contribution in [0.1, 0.15) is 35.3 Å². The van der Waals surface area contributed by atoms with Crippen LogP contribution in [0.4, 0.5) is 0 Å². The van der Waals surface area contributed by atoms with Crippen LogP contribution in [0.5, 0.6) is 0 Å². The van der Waals surface area contributed by atoms with Crippen LogP contribution in [0.2, 0.25) is 0 Å². The van der Waals surface area contributed by atoms with E-state index in [1.807, 2.05) is 6.07 Å². The van der Waals surface area contributed by atoms with E-state index in [1.165, 1.54) is 16.4 Å². The molecule has 6 heteroatoms. The van der Waals surface area contributed by atoms with E-state index in [9.17, 15) is 4.79 Å². The Morgan fingerprint density at radius 2 is 2.10 bits per heavy atom. The van der Waals surface area contributed by atoms with Gasteiger partial charge < -0.3 is 10.4 Å². The van der Waals surface area contributed by atoms with Crippen molar-refractivity contribution in [3.8, 4) is 0 Å². The van der Waals surface area contributed by atoms with Crippen molar-refractivity contribution in [2.24, 2.45) is 0 Å². The molecule has 1 unspecified atom stereocenters. The van der Waals surface area contributed by atoms with Crippen molar-refractivity contribution in [3.05, 3.63) is 47.8 Å². The monoisotopic (exact) mass is 288 g/mol. The first-order valence-electron chi connectivity index (χ1n) is 7.06. The average Bonchev–Trinajstić information content (AvgIpc) is 2.97. The van der Waals surface area contributed by atoms with Crippen LogP contribution in [0.3, 0.4) is 0 Å². The van der Waals surface area contributed by atoms with Gasteiger partial charge in [-0.05, 0) is 24.4 Å². The number of rotatable bonds is 8. The van der Waals surface area contributed by atoms with Crippen LogP contribution in [-0.2, 0) is 6.54 Å². The van der Waals surface area contributed by atoms with Crippen molar-refractivity contribution in [2.75, 3.05) is 13.1 Å². The number of hydrogen-bond donors (Lipinski definition) is 2. The molecule has 2 aromatic rings. The number of benzene rings is 1. The van der Waals surface area contributed by atoms with Crippen molar-refractivity contribution in [1.29, 1.82) is 0 Å². The number of nitrogens with one attached hydrogen (secondary N) is 1. The summed E-state index contributed by atoms with van der Waals surface area (Å²) in [7, 11) is 0. The van der Waals surface area contributed by atoms with E-state index in [-0.39, 0.29) is 5.69 Å². The third-order valence-corrected chi connectivity index (χ3v) is 3.40. The molecule has 0 aliphatic rings. The van der Waals surface area contributed by atoms with Gasteiger partial charge in [0.1, 0.15) is 0 Å². The zero-order chi connectivity index (χ0) is 15.1. The fraction of sp³-hybridized carbons (Fsp3) is 0.400. The Kier molecular flexibility index (Phi) is 5.45. The van der Waals surface area contributed by atoms with Gasteiger partial charge >= 0.3 is 5.97 Å². The maximum Gasteiger partial charge on any atom is 0.358 e. The van der Waals surface area contributed by atoms with Crippen molar-refractivity contribution in [1.82, 2.24) is 20.3 Å². The van der Waals surface area contributed by atoms with Gasteiger partial charge in [-0.2, -0.15) is 0 Å². The highest BCUT2D eigenvalue weighted by atomic mass is 16.4. The maximum absolute atomic E-state index is 10.7. The fourth-order valence-electron chi connectivity index (χ4n) is 2.09. The third kappa shape index (κ3) is 4.68. The van der Waals surface area contributed by atoms with Gasteiger partial charge in [-0.3, -0.25) is 4.68 Å². The first-order chi connectivity index (χ1) is 10.2. The number of carboxylic acid groups (broad SMARTS) is 1. The number of hydrogen-bond acceptors (Lipinski definition) is 4. The van der Waals surface area contributed by atoms with Crippen molar-refractivity contribution in [3.63, 3.8) is 0 Å². The van der Waals surface area contributed by atoms with E-state index in [2.05, 4.69) is 46.8 Å². The molecule has 1 aromatic carbocycles. The number of carboxylic acids is 1. The molecule has 2 N–H and O–H groups in total. The lowest BCUT2D eigenvalue weighted by Crippen LogP contribution is -2.22. The number of carbonyl (C=O) groups is 1. The van der Waals surface area contributed by atoms with Crippen molar-refractivity contribution >= 4 is 5.97 Å². The Bertz CT molecular complexity index is 568. The molecule has 2 rings (SSSR count). The van der Waals surface area contributed by atoms with E-state index in [4.69, 9.17) is 5.11 Å². The molecule has 0 spiro atoms. The zero-order valence-corrected chi connectivity index (χ0v) is 12.1. The van der Waals surface area contributed by atoms with Gasteiger partial charge in [0.15, 0.2) is 5.69 Å². The highest BCUT2D eigenvalue weighted by molar-refractivity contribution is 5.84. The summed E-state index contributed by atoms with van der Waals surface area (Å²) in [6.45, 7) is 4.48. The SMILES string of the molecule is CC(CCNCCn1cc(C(=O)O)nn1)c1ccccc1. The Balaban J connectivity index is 1.64. The van der Waals surface area contributed by atoms with Gasteiger partial charge in [0.25, 0.3) is 0 Å². The van der Waals surface area contributed by atoms with Crippen LogP contribution in [-0.4, -0.2) is 39.2 Å². The summed E-state index contributed by atoms with van der Waals surface area (Å²) in [5.41, 5.74) is 1.33. The molecule has 0 fully saturated rings. The van der Waals surface area contributed by atoms with Gasteiger partial charge in [0.05, 0.1) is 12.7 Å². The van der Waals surface area contributed by atoms with E-state index in [0.717, 1.165) is 19.5 Å². The normalized spacial score (nSPS) is 12.2. The van der Waals surface area contributed by atoms with Crippen LogP contribution in [0.25, 0.3) is 0 Å². The quantitative estimate of drug-likeness (QED) is 0.723. The van der Waals surface area contributed by atoms with Crippen LogP contribution < -0.4 is 5.32 Å². The first-order valence-corrected chi connectivity index (χ1v) is 7.06. The molecular weight excluding hydrogens is 268 g/mol. The summed E-state index contributed by atoms with van der Waals surface area (Å²) < 4.78 is 1.54. The highest BCUT2D eigenvalue weighted by Gasteiger charge is 2.07. The van der Waals surface area contributed by atoms with Crippen LogP contribution >= 0.6 is 0 Å². The van der Waals surface area contributed by atoms with E-state index in [0.29, 0.717) is 12.5 Å². The summed E-state index contributed by atoms with van der Waals surface area (Å²) in [6, 6.07) is 10.4. The summed E-state index contributed by atoms with van der Waals surface area (Å²) in [6.07, 6.45) is 2.50. The molecule has 6 nitrogen and oxygen atoms in total. The maximum atomic E-state index is 10.7. The van der Waals surface area contributed by atoms with Gasteiger partial charge in [0.2, 0.25) is 0 Å². The zero-order valence-electron chi connectivity index (χ0n) is 12.1. The fourth-order valence-corrected chi connectivity index (χ4v) is 2.09. The summed E-state index contributed by atoms with van der Waals surface area (Å²) in [4.78, 5) is 10.7. The smallest absolute Gasteiger partial charge is 0.358 e. The Hall–Kier alpha value is -2.21. The van der Waals surface area contributed by atoms with Crippen molar-refractivity contribution in [2.45, 2.75) is 25.8 Å². The lowest BCUT2D eigenvalue weighted by atomic mass is 9.98. The molecule has 112 valence electrons. The van der Waals surface area contributed by atoms with E-state index in [1.54, 1.807) is 0 Å². The Morgan fingerprint density at radius 1 is 1.33 bits per heavy atom. The number of aromatic carboxylic acids is 1. The van der Waals surface area contributed by atoms with Gasteiger partial charge in [-0.1, -0.05) is 42.5 Å². The van der Waals surface area contributed by atoms with Gasteiger partial charge in [0, 0.05) is 6.54 Å². The number of nitrogens with zero attached hydrogens (tertiary/aromatic N) is 3. The molecule has 1 aromatic heterocycles. The lowest BCUT2D eigenvalue weighted by molar-refractivity contribution is 0.0690.